The van der Waals surface area contributed by atoms with Gasteiger partial charge in [-0.2, -0.15) is 0 Å². The number of nitrogens with one attached hydrogen (secondary N) is 2. The molecule has 2 aromatic carbocycles. The van der Waals surface area contributed by atoms with Crippen LogP contribution in [0.5, 0.6) is 0 Å². The summed E-state index contributed by atoms with van der Waals surface area (Å²) < 4.78 is 0. The van der Waals surface area contributed by atoms with Gasteiger partial charge in [-0.05, 0) is 35.2 Å². The molecule has 0 spiro atoms. The summed E-state index contributed by atoms with van der Waals surface area (Å²) in [4.78, 5) is 20.7. The van der Waals surface area contributed by atoms with Crippen molar-refractivity contribution < 1.29 is 4.79 Å². The van der Waals surface area contributed by atoms with Crippen molar-refractivity contribution in [2.24, 2.45) is 0 Å². The van der Waals surface area contributed by atoms with Gasteiger partial charge in [-0.25, -0.2) is 9.97 Å². The third-order valence-corrected chi connectivity index (χ3v) is 4.51. The van der Waals surface area contributed by atoms with Crippen LogP contribution in [0.3, 0.4) is 0 Å². The molecule has 0 atom stereocenters. The molecule has 1 heterocycles. The monoisotopic (exact) mass is 380 g/mol. The van der Waals surface area contributed by atoms with Gasteiger partial charge in [0.05, 0.1) is 5.56 Å². The minimum Gasteiger partial charge on any atom is -0.350 e. The molecule has 0 fully saturated rings. The average Bonchev–Trinajstić information content (AvgIpc) is 2.68. The first-order valence-corrected chi connectivity index (χ1v) is 9.11. The van der Waals surface area contributed by atoms with E-state index in [0.29, 0.717) is 29.0 Å². The SMILES string of the molecule is CC(C)c1ccc(NC(=O)c2cnc(NCc3ccccc3Cl)nc2)cc1. The van der Waals surface area contributed by atoms with Gasteiger partial charge >= 0.3 is 0 Å². The lowest BCUT2D eigenvalue weighted by atomic mass is 10.0. The Balaban J connectivity index is 1.59. The molecule has 0 saturated carbocycles. The normalized spacial score (nSPS) is 10.7. The zero-order chi connectivity index (χ0) is 19.2. The molecule has 0 aliphatic heterocycles. The van der Waals surface area contributed by atoms with Crippen LogP contribution < -0.4 is 10.6 Å². The van der Waals surface area contributed by atoms with Crippen molar-refractivity contribution in [2.45, 2.75) is 26.3 Å². The van der Waals surface area contributed by atoms with E-state index >= 15 is 0 Å². The van der Waals surface area contributed by atoms with E-state index in [2.05, 4.69) is 34.4 Å². The summed E-state index contributed by atoms with van der Waals surface area (Å²) in [6.45, 7) is 4.77. The number of benzene rings is 2. The Labute approximate surface area is 163 Å². The second-order valence-corrected chi connectivity index (χ2v) is 6.88. The van der Waals surface area contributed by atoms with E-state index < -0.39 is 0 Å². The number of nitrogens with zero attached hydrogens (tertiary/aromatic N) is 2. The molecule has 6 heteroatoms. The molecule has 3 rings (SSSR count). The first kappa shape index (κ1) is 18.9. The minimum atomic E-state index is -0.245. The number of carbonyl (C=O) groups excluding carboxylic acids is 1. The molecule has 1 amide bonds. The maximum atomic E-state index is 12.3. The summed E-state index contributed by atoms with van der Waals surface area (Å²) >= 11 is 6.13. The largest absolute Gasteiger partial charge is 0.350 e. The van der Waals surface area contributed by atoms with Gasteiger partial charge in [-0.1, -0.05) is 55.8 Å². The zero-order valence-electron chi connectivity index (χ0n) is 15.2. The van der Waals surface area contributed by atoms with Crippen LogP contribution in [0.4, 0.5) is 11.6 Å². The molecule has 1 aromatic heterocycles. The Morgan fingerprint density at radius 1 is 1.04 bits per heavy atom. The van der Waals surface area contributed by atoms with E-state index in [1.165, 1.54) is 18.0 Å². The predicted molar refractivity (Wildman–Crippen MR) is 109 cm³/mol. The van der Waals surface area contributed by atoms with Gasteiger partial charge < -0.3 is 10.6 Å². The second-order valence-electron chi connectivity index (χ2n) is 6.47. The van der Waals surface area contributed by atoms with E-state index in [1.54, 1.807) is 0 Å². The number of anilines is 2. The summed E-state index contributed by atoms with van der Waals surface area (Å²) in [7, 11) is 0. The van der Waals surface area contributed by atoms with Crippen molar-refractivity contribution in [3.05, 3.63) is 82.6 Å². The Morgan fingerprint density at radius 3 is 2.33 bits per heavy atom. The Hall–Kier alpha value is -2.92. The number of halogens is 1. The number of carbonyl (C=O) groups is 1. The van der Waals surface area contributed by atoms with Crippen LogP contribution >= 0.6 is 11.6 Å². The van der Waals surface area contributed by atoms with Crippen molar-refractivity contribution in [1.29, 1.82) is 0 Å². The molecular formula is C21H21ClN4O. The van der Waals surface area contributed by atoms with Gasteiger partial charge in [0.2, 0.25) is 5.95 Å². The number of aromatic nitrogens is 2. The molecule has 0 unspecified atom stereocenters. The number of amides is 1. The first-order chi connectivity index (χ1) is 13.0. The lowest BCUT2D eigenvalue weighted by molar-refractivity contribution is 0.102. The minimum absolute atomic E-state index is 0.245. The van der Waals surface area contributed by atoms with Gasteiger partial charge in [-0.15, -0.1) is 0 Å². The van der Waals surface area contributed by atoms with Crippen LogP contribution in [0.25, 0.3) is 0 Å². The van der Waals surface area contributed by atoms with Crippen molar-refractivity contribution in [3.8, 4) is 0 Å². The number of hydrogen-bond donors (Lipinski definition) is 2. The van der Waals surface area contributed by atoms with Crippen molar-refractivity contribution in [1.82, 2.24) is 9.97 Å². The molecular weight excluding hydrogens is 360 g/mol. The topological polar surface area (TPSA) is 66.9 Å². The maximum Gasteiger partial charge on any atom is 0.258 e. The summed E-state index contributed by atoms with van der Waals surface area (Å²) in [5.74, 6) is 0.645. The molecule has 0 radical (unpaired) electrons. The predicted octanol–water partition coefficient (Wildman–Crippen LogP) is 5.12. The number of hydrogen-bond acceptors (Lipinski definition) is 4. The van der Waals surface area contributed by atoms with E-state index in [-0.39, 0.29) is 5.91 Å². The molecule has 138 valence electrons. The molecule has 27 heavy (non-hydrogen) atoms. The highest BCUT2D eigenvalue weighted by Gasteiger charge is 2.09. The van der Waals surface area contributed by atoms with Gasteiger partial charge in [0.1, 0.15) is 0 Å². The smallest absolute Gasteiger partial charge is 0.258 e. The lowest BCUT2D eigenvalue weighted by Crippen LogP contribution is -2.13. The Kier molecular flexibility index (Phi) is 6.04. The van der Waals surface area contributed by atoms with Gasteiger partial charge in [0.15, 0.2) is 0 Å². The van der Waals surface area contributed by atoms with E-state index in [9.17, 15) is 4.79 Å². The number of rotatable bonds is 6. The van der Waals surface area contributed by atoms with Crippen LogP contribution in [0.1, 0.15) is 41.3 Å². The fraction of sp³-hybridized carbons (Fsp3) is 0.190. The quantitative estimate of drug-likeness (QED) is 0.623. The maximum absolute atomic E-state index is 12.3. The summed E-state index contributed by atoms with van der Waals surface area (Å²) in [6.07, 6.45) is 3.00. The fourth-order valence-corrected chi connectivity index (χ4v) is 2.71. The highest BCUT2D eigenvalue weighted by Crippen LogP contribution is 2.18. The molecule has 0 aliphatic rings. The highest BCUT2D eigenvalue weighted by molar-refractivity contribution is 6.31. The van der Waals surface area contributed by atoms with Crippen LogP contribution in [-0.4, -0.2) is 15.9 Å². The highest BCUT2D eigenvalue weighted by atomic mass is 35.5. The van der Waals surface area contributed by atoms with E-state index in [4.69, 9.17) is 11.6 Å². The van der Waals surface area contributed by atoms with Crippen molar-refractivity contribution >= 4 is 29.1 Å². The standard InChI is InChI=1S/C21H21ClN4O/c1-14(2)15-7-9-18(10-8-15)26-20(27)17-12-24-21(25-13-17)23-11-16-5-3-4-6-19(16)22/h3-10,12-14H,11H2,1-2H3,(H,26,27)(H,23,24,25). The molecule has 5 nitrogen and oxygen atoms in total. The Bertz CT molecular complexity index is 908. The van der Waals surface area contributed by atoms with Crippen LogP contribution in [-0.2, 0) is 6.54 Å². The van der Waals surface area contributed by atoms with Gasteiger partial charge in [-0.3, -0.25) is 4.79 Å². The molecule has 2 N–H and O–H groups in total. The van der Waals surface area contributed by atoms with Crippen molar-refractivity contribution in [2.75, 3.05) is 10.6 Å². The third-order valence-electron chi connectivity index (χ3n) is 4.14. The summed E-state index contributed by atoms with van der Waals surface area (Å²) in [6, 6.07) is 15.4. The lowest BCUT2D eigenvalue weighted by Gasteiger charge is -2.09. The Morgan fingerprint density at radius 2 is 1.70 bits per heavy atom. The average molecular weight is 381 g/mol. The molecule has 0 saturated heterocycles. The van der Waals surface area contributed by atoms with E-state index in [1.807, 2.05) is 48.5 Å². The second kappa shape index (κ2) is 8.64. The van der Waals surface area contributed by atoms with Crippen LogP contribution in [0, 0.1) is 0 Å². The van der Waals surface area contributed by atoms with Gasteiger partial charge in [0, 0.05) is 29.6 Å². The first-order valence-electron chi connectivity index (χ1n) is 8.73. The fourth-order valence-electron chi connectivity index (χ4n) is 2.51. The van der Waals surface area contributed by atoms with Gasteiger partial charge in [0.25, 0.3) is 5.91 Å². The summed E-state index contributed by atoms with van der Waals surface area (Å²) in [5.41, 5.74) is 3.32. The van der Waals surface area contributed by atoms with E-state index in [0.717, 1.165) is 11.3 Å². The third kappa shape index (κ3) is 5.05. The molecule has 0 aliphatic carbocycles. The zero-order valence-corrected chi connectivity index (χ0v) is 16.0. The molecule has 0 bridgehead atoms. The summed E-state index contributed by atoms with van der Waals surface area (Å²) in [5, 5.41) is 6.63. The molecule has 3 aromatic rings. The van der Waals surface area contributed by atoms with Crippen LogP contribution in [0.15, 0.2) is 60.9 Å². The van der Waals surface area contributed by atoms with Crippen LogP contribution in [0.2, 0.25) is 5.02 Å². The van der Waals surface area contributed by atoms with Crippen molar-refractivity contribution in [3.63, 3.8) is 0 Å².